The van der Waals surface area contributed by atoms with Gasteiger partial charge in [-0.2, -0.15) is 0 Å². The molecule has 0 rings (SSSR count). The van der Waals surface area contributed by atoms with Crippen molar-refractivity contribution in [2.24, 2.45) is 0 Å². The average molecular weight is 232 g/mol. The molecular formula is C17H28. The van der Waals surface area contributed by atoms with E-state index in [2.05, 4.69) is 56.0 Å². The summed E-state index contributed by atoms with van der Waals surface area (Å²) in [4.78, 5) is 0. The summed E-state index contributed by atoms with van der Waals surface area (Å²) in [7, 11) is 0. The van der Waals surface area contributed by atoms with E-state index in [0.717, 1.165) is 19.3 Å². The third-order valence-corrected chi connectivity index (χ3v) is 2.52. The lowest BCUT2D eigenvalue weighted by Crippen LogP contribution is -1.66. The molecular weight excluding hydrogens is 204 g/mol. The summed E-state index contributed by atoms with van der Waals surface area (Å²) in [5.41, 5.74) is 3.22. The maximum absolute atomic E-state index is 3.22. The topological polar surface area (TPSA) is 0 Å². The van der Waals surface area contributed by atoms with Gasteiger partial charge in [-0.25, -0.2) is 0 Å². The smallest absolute Gasteiger partial charge is 0.00929 e. The van der Waals surface area contributed by atoms with Crippen molar-refractivity contribution in [3.63, 3.8) is 0 Å². The molecule has 0 spiro atoms. The molecule has 17 heavy (non-hydrogen) atoms. The Bertz CT molecular complexity index is 249. The van der Waals surface area contributed by atoms with E-state index in [4.69, 9.17) is 0 Å². The molecule has 0 aromatic heterocycles. The Morgan fingerprint density at radius 1 is 0.706 bits per heavy atom. The van der Waals surface area contributed by atoms with Crippen molar-refractivity contribution < 1.29 is 0 Å². The lowest BCUT2D eigenvalue weighted by molar-refractivity contribution is 0.813. The Labute approximate surface area is 108 Å². The van der Waals surface area contributed by atoms with Crippen LogP contribution in [0.3, 0.4) is 0 Å². The molecule has 0 heteroatoms. The van der Waals surface area contributed by atoms with E-state index in [1.807, 2.05) is 0 Å². The van der Waals surface area contributed by atoms with Crippen LogP contribution in [0.5, 0.6) is 0 Å². The quantitative estimate of drug-likeness (QED) is 0.247. The summed E-state index contributed by atoms with van der Waals surface area (Å²) in [6.07, 6.45) is 22.8. The lowest BCUT2D eigenvalue weighted by Gasteiger charge is -1.87. The van der Waals surface area contributed by atoms with E-state index in [1.165, 1.54) is 32.1 Å². The molecule has 0 aromatic carbocycles. The number of allylic oxidation sites excluding steroid dienone is 5. The van der Waals surface area contributed by atoms with Crippen LogP contribution in [0.15, 0.2) is 42.2 Å². The van der Waals surface area contributed by atoms with Crippen LogP contribution >= 0.6 is 0 Å². The molecule has 0 aliphatic carbocycles. The minimum absolute atomic E-state index is 1.01. The SMILES string of the molecule is CCCCC=C=CCC=CCC=CCCCC. The van der Waals surface area contributed by atoms with E-state index >= 15 is 0 Å². The zero-order chi connectivity index (χ0) is 12.6. The van der Waals surface area contributed by atoms with Crippen molar-refractivity contribution in [2.45, 2.75) is 65.2 Å². The van der Waals surface area contributed by atoms with E-state index in [0.29, 0.717) is 0 Å². The molecule has 0 radical (unpaired) electrons. The van der Waals surface area contributed by atoms with Gasteiger partial charge in [0.2, 0.25) is 0 Å². The van der Waals surface area contributed by atoms with Crippen molar-refractivity contribution >= 4 is 0 Å². The molecule has 0 amide bonds. The van der Waals surface area contributed by atoms with Gasteiger partial charge in [-0.3, -0.25) is 0 Å². The number of rotatable bonds is 10. The van der Waals surface area contributed by atoms with Gasteiger partial charge < -0.3 is 0 Å². The maximum atomic E-state index is 3.22. The van der Waals surface area contributed by atoms with Gasteiger partial charge in [-0.15, -0.1) is 5.73 Å². The van der Waals surface area contributed by atoms with Gasteiger partial charge in [-0.1, -0.05) is 57.4 Å². The van der Waals surface area contributed by atoms with Gasteiger partial charge in [0, 0.05) is 0 Å². The van der Waals surface area contributed by atoms with Gasteiger partial charge in [0.25, 0.3) is 0 Å². The summed E-state index contributed by atoms with van der Waals surface area (Å²) in [5.74, 6) is 0. The Morgan fingerprint density at radius 3 is 2.12 bits per heavy atom. The van der Waals surface area contributed by atoms with Crippen LogP contribution in [0.25, 0.3) is 0 Å². The fraction of sp³-hybridized carbons (Fsp3) is 0.588. The Kier molecular flexibility index (Phi) is 14.1. The summed E-state index contributed by atoms with van der Waals surface area (Å²) >= 11 is 0. The van der Waals surface area contributed by atoms with Crippen molar-refractivity contribution in [1.29, 1.82) is 0 Å². The third-order valence-electron chi connectivity index (χ3n) is 2.52. The summed E-state index contributed by atoms with van der Waals surface area (Å²) in [6.45, 7) is 4.45. The molecule has 0 fully saturated rings. The first-order valence-electron chi connectivity index (χ1n) is 7.11. The fourth-order valence-corrected chi connectivity index (χ4v) is 1.42. The molecule has 0 aliphatic rings. The Balaban J connectivity index is 3.41. The first kappa shape index (κ1) is 16.0. The van der Waals surface area contributed by atoms with Crippen molar-refractivity contribution in [1.82, 2.24) is 0 Å². The average Bonchev–Trinajstić information content (AvgIpc) is 2.35. The summed E-state index contributed by atoms with van der Waals surface area (Å²) in [6, 6.07) is 0. The second-order valence-corrected chi connectivity index (χ2v) is 4.27. The maximum Gasteiger partial charge on any atom is -0.00929 e. The number of hydrogen-bond acceptors (Lipinski definition) is 0. The van der Waals surface area contributed by atoms with Gasteiger partial charge >= 0.3 is 0 Å². The van der Waals surface area contributed by atoms with Crippen LogP contribution < -0.4 is 0 Å². The number of hydrogen-bond donors (Lipinski definition) is 0. The van der Waals surface area contributed by atoms with Crippen molar-refractivity contribution in [3.05, 3.63) is 42.2 Å². The zero-order valence-electron chi connectivity index (χ0n) is 11.6. The van der Waals surface area contributed by atoms with E-state index in [1.54, 1.807) is 0 Å². The molecule has 0 atom stereocenters. The molecule has 0 bridgehead atoms. The van der Waals surface area contributed by atoms with Crippen LogP contribution in [0, 0.1) is 0 Å². The predicted octanol–water partition coefficient (Wildman–Crippen LogP) is 5.97. The fourth-order valence-electron chi connectivity index (χ4n) is 1.42. The normalized spacial score (nSPS) is 10.9. The second-order valence-electron chi connectivity index (χ2n) is 4.27. The molecule has 0 saturated carbocycles. The van der Waals surface area contributed by atoms with E-state index in [9.17, 15) is 0 Å². The molecule has 0 aliphatic heterocycles. The van der Waals surface area contributed by atoms with Gasteiger partial charge in [-0.05, 0) is 44.3 Å². The minimum Gasteiger partial charge on any atom is -0.129 e. The molecule has 96 valence electrons. The van der Waals surface area contributed by atoms with Crippen molar-refractivity contribution in [3.8, 4) is 0 Å². The Morgan fingerprint density at radius 2 is 1.35 bits per heavy atom. The molecule has 0 heterocycles. The third kappa shape index (κ3) is 15.0. The highest BCUT2D eigenvalue weighted by atomic mass is 13.8. The molecule has 0 nitrogen and oxygen atoms in total. The van der Waals surface area contributed by atoms with Gasteiger partial charge in [0.1, 0.15) is 0 Å². The monoisotopic (exact) mass is 232 g/mol. The van der Waals surface area contributed by atoms with Crippen molar-refractivity contribution in [2.75, 3.05) is 0 Å². The van der Waals surface area contributed by atoms with Gasteiger partial charge in [0.15, 0.2) is 0 Å². The lowest BCUT2D eigenvalue weighted by atomic mass is 10.2. The van der Waals surface area contributed by atoms with Crippen LogP contribution in [-0.2, 0) is 0 Å². The second kappa shape index (κ2) is 15.0. The summed E-state index contributed by atoms with van der Waals surface area (Å²) < 4.78 is 0. The molecule has 0 saturated heterocycles. The molecule has 0 unspecified atom stereocenters. The zero-order valence-corrected chi connectivity index (χ0v) is 11.6. The summed E-state index contributed by atoms with van der Waals surface area (Å²) in [5, 5.41) is 0. The molecule has 0 N–H and O–H groups in total. The first-order valence-corrected chi connectivity index (χ1v) is 7.11. The van der Waals surface area contributed by atoms with Crippen LogP contribution in [0.2, 0.25) is 0 Å². The van der Waals surface area contributed by atoms with Crippen LogP contribution in [0.1, 0.15) is 65.2 Å². The highest BCUT2D eigenvalue weighted by molar-refractivity contribution is 4.97. The van der Waals surface area contributed by atoms with Crippen LogP contribution in [0.4, 0.5) is 0 Å². The Hall–Kier alpha value is -1.00. The van der Waals surface area contributed by atoms with Crippen LogP contribution in [-0.4, -0.2) is 0 Å². The first-order chi connectivity index (χ1) is 8.41. The van der Waals surface area contributed by atoms with E-state index in [-0.39, 0.29) is 0 Å². The predicted molar refractivity (Wildman–Crippen MR) is 79.2 cm³/mol. The van der Waals surface area contributed by atoms with E-state index < -0.39 is 0 Å². The number of unbranched alkanes of at least 4 members (excludes halogenated alkanes) is 4. The highest BCUT2D eigenvalue weighted by Crippen LogP contribution is 1.97. The highest BCUT2D eigenvalue weighted by Gasteiger charge is 1.77. The largest absolute Gasteiger partial charge is 0.129 e. The minimum atomic E-state index is 1.01. The standard InChI is InChI=1S/C17H28/c1-3-5-7-9-11-13-15-17-16-14-12-10-8-6-4-2/h9-11,14-15,17H,3-8,13,16H2,1-2H3. The van der Waals surface area contributed by atoms with Gasteiger partial charge in [0.05, 0.1) is 0 Å². The molecule has 0 aromatic rings.